The number of anilines is 2. The number of carbonyl (C=O) groups is 3. The molecule has 27 heavy (non-hydrogen) atoms. The van der Waals surface area contributed by atoms with Crippen LogP contribution in [0, 0.1) is 5.92 Å². The molecule has 6 heteroatoms. The van der Waals surface area contributed by atoms with Gasteiger partial charge in [0.2, 0.25) is 5.91 Å². The first-order valence-electron chi connectivity index (χ1n) is 8.88. The van der Waals surface area contributed by atoms with Crippen molar-refractivity contribution in [3.05, 3.63) is 59.2 Å². The van der Waals surface area contributed by atoms with E-state index < -0.39 is 5.91 Å². The molecule has 0 aliphatic heterocycles. The Labute approximate surface area is 158 Å². The second kappa shape index (κ2) is 8.98. The molecule has 0 heterocycles. The van der Waals surface area contributed by atoms with E-state index in [1.54, 1.807) is 43.3 Å². The van der Waals surface area contributed by atoms with E-state index in [-0.39, 0.29) is 17.6 Å². The third kappa shape index (κ3) is 5.67. The molecule has 0 aromatic heterocycles. The molecule has 0 radical (unpaired) electrons. The van der Waals surface area contributed by atoms with Gasteiger partial charge in [0.15, 0.2) is 0 Å². The fourth-order valence-electron chi connectivity index (χ4n) is 2.69. The van der Waals surface area contributed by atoms with Crippen molar-refractivity contribution in [1.29, 1.82) is 0 Å². The number of aryl methyl sites for hydroxylation is 1. The smallest absolute Gasteiger partial charge is 0.255 e. The maximum atomic E-state index is 12.4. The second-order valence-corrected chi connectivity index (χ2v) is 6.71. The molecule has 0 fully saturated rings. The molecule has 0 saturated heterocycles. The van der Waals surface area contributed by atoms with Crippen LogP contribution >= 0.6 is 0 Å². The van der Waals surface area contributed by atoms with Crippen LogP contribution in [-0.2, 0) is 11.2 Å². The van der Waals surface area contributed by atoms with Gasteiger partial charge in [-0.15, -0.1) is 0 Å². The predicted octanol–water partition coefficient (Wildman–Crippen LogP) is 3.17. The Morgan fingerprint density at radius 1 is 1.04 bits per heavy atom. The maximum Gasteiger partial charge on any atom is 0.255 e. The Morgan fingerprint density at radius 3 is 2.22 bits per heavy atom. The summed E-state index contributed by atoms with van der Waals surface area (Å²) in [5, 5.41) is 2.76. The van der Waals surface area contributed by atoms with Crippen molar-refractivity contribution in [2.45, 2.75) is 33.1 Å². The Hall–Kier alpha value is -3.15. The quantitative estimate of drug-likeness (QED) is 0.621. The minimum Gasteiger partial charge on any atom is -0.398 e. The number of rotatable bonds is 8. The molecule has 1 atom stereocenters. The van der Waals surface area contributed by atoms with Crippen molar-refractivity contribution in [2.24, 2.45) is 11.7 Å². The van der Waals surface area contributed by atoms with Gasteiger partial charge in [0.05, 0.1) is 0 Å². The predicted molar refractivity (Wildman–Crippen MR) is 107 cm³/mol. The van der Waals surface area contributed by atoms with Gasteiger partial charge in [-0.1, -0.05) is 13.0 Å². The van der Waals surface area contributed by atoms with E-state index in [9.17, 15) is 14.4 Å². The zero-order valence-electron chi connectivity index (χ0n) is 15.6. The summed E-state index contributed by atoms with van der Waals surface area (Å²) in [6.45, 7) is 3.53. The highest BCUT2D eigenvalue weighted by Gasteiger charge is 2.11. The van der Waals surface area contributed by atoms with Crippen LogP contribution < -0.4 is 16.8 Å². The van der Waals surface area contributed by atoms with Gasteiger partial charge in [-0.2, -0.15) is 0 Å². The second-order valence-electron chi connectivity index (χ2n) is 6.71. The lowest BCUT2D eigenvalue weighted by atomic mass is 9.97. The lowest BCUT2D eigenvalue weighted by Gasteiger charge is -2.11. The van der Waals surface area contributed by atoms with Gasteiger partial charge in [0.1, 0.15) is 5.78 Å². The minimum atomic E-state index is -0.520. The highest BCUT2D eigenvalue weighted by atomic mass is 16.2. The Balaban J connectivity index is 1.98. The van der Waals surface area contributed by atoms with Crippen molar-refractivity contribution < 1.29 is 14.4 Å². The number of ketones is 1. The van der Waals surface area contributed by atoms with Crippen LogP contribution in [0.2, 0.25) is 0 Å². The normalized spacial score (nSPS) is 11.6. The third-order valence-corrected chi connectivity index (χ3v) is 4.61. The molecular weight excluding hydrogens is 342 g/mol. The van der Waals surface area contributed by atoms with Crippen molar-refractivity contribution in [3.63, 3.8) is 0 Å². The first-order chi connectivity index (χ1) is 12.8. The third-order valence-electron chi connectivity index (χ3n) is 4.61. The molecule has 0 spiro atoms. The number of benzene rings is 2. The monoisotopic (exact) mass is 367 g/mol. The first-order valence-corrected chi connectivity index (χ1v) is 8.88. The zero-order valence-corrected chi connectivity index (χ0v) is 15.6. The van der Waals surface area contributed by atoms with Crippen LogP contribution in [-0.4, -0.2) is 17.6 Å². The zero-order chi connectivity index (χ0) is 20.0. The van der Waals surface area contributed by atoms with E-state index in [1.165, 1.54) is 0 Å². The van der Waals surface area contributed by atoms with Crippen LogP contribution in [0.25, 0.3) is 0 Å². The molecule has 6 nitrogen and oxygen atoms in total. The van der Waals surface area contributed by atoms with Crippen LogP contribution in [0.5, 0.6) is 0 Å². The van der Waals surface area contributed by atoms with E-state index in [0.717, 1.165) is 24.8 Å². The number of primary amides is 1. The van der Waals surface area contributed by atoms with Crippen molar-refractivity contribution in [3.8, 4) is 0 Å². The number of carbonyl (C=O) groups excluding carboxylic acids is 3. The molecule has 142 valence electrons. The number of nitrogen functional groups attached to an aromatic ring is 1. The number of nitrogens with two attached hydrogens (primary N) is 2. The number of Topliss-reactive ketones (excluding diaryl/α,β-unsaturated/α-hetero) is 1. The lowest BCUT2D eigenvalue weighted by molar-refractivity contribution is -0.120. The Kier molecular flexibility index (Phi) is 6.71. The Morgan fingerprint density at radius 2 is 1.67 bits per heavy atom. The van der Waals surface area contributed by atoms with Gasteiger partial charge in [0, 0.05) is 28.4 Å². The van der Waals surface area contributed by atoms with Crippen LogP contribution in [0.15, 0.2) is 42.5 Å². The summed E-state index contributed by atoms with van der Waals surface area (Å²) in [7, 11) is 0. The van der Waals surface area contributed by atoms with Gasteiger partial charge in [-0.05, 0) is 68.1 Å². The fraction of sp³-hybridized carbons (Fsp3) is 0.286. The molecule has 2 aromatic rings. The molecule has 2 amide bonds. The standard InChI is InChI=1S/C21H25N3O3/c1-13(14(2)25)4-3-5-15-6-7-17(12-19(15)22)21(27)24-18-10-8-16(9-11-18)20(23)26/h6-13H,3-5,22H2,1-2H3,(H2,23,26)(H,24,27). The molecule has 0 aliphatic rings. The molecule has 1 unspecified atom stereocenters. The van der Waals surface area contributed by atoms with Crippen LogP contribution in [0.3, 0.4) is 0 Å². The number of amides is 2. The molecule has 2 aromatic carbocycles. The number of hydrogen-bond acceptors (Lipinski definition) is 4. The summed E-state index contributed by atoms with van der Waals surface area (Å²) in [4.78, 5) is 34.7. The average Bonchev–Trinajstić information content (AvgIpc) is 2.63. The van der Waals surface area contributed by atoms with Crippen molar-refractivity contribution in [2.75, 3.05) is 11.1 Å². The molecule has 2 rings (SSSR count). The summed E-state index contributed by atoms with van der Waals surface area (Å²) < 4.78 is 0. The lowest BCUT2D eigenvalue weighted by Crippen LogP contribution is -2.14. The van der Waals surface area contributed by atoms with Gasteiger partial charge in [-0.3, -0.25) is 14.4 Å². The highest BCUT2D eigenvalue weighted by Crippen LogP contribution is 2.20. The summed E-state index contributed by atoms with van der Waals surface area (Å²) in [5.74, 6) is -0.560. The molecule has 5 N–H and O–H groups in total. The average molecular weight is 367 g/mol. The number of nitrogens with one attached hydrogen (secondary N) is 1. The van der Waals surface area contributed by atoms with Crippen molar-refractivity contribution >= 4 is 29.0 Å². The molecule has 0 aliphatic carbocycles. The van der Waals surface area contributed by atoms with Gasteiger partial charge < -0.3 is 16.8 Å². The highest BCUT2D eigenvalue weighted by molar-refractivity contribution is 6.05. The largest absolute Gasteiger partial charge is 0.398 e. The number of hydrogen-bond donors (Lipinski definition) is 3. The fourth-order valence-corrected chi connectivity index (χ4v) is 2.69. The van der Waals surface area contributed by atoms with E-state index in [0.29, 0.717) is 22.5 Å². The van der Waals surface area contributed by atoms with E-state index in [2.05, 4.69) is 5.32 Å². The van der Waals surface area contributed by atoms with E-state index >= 15 is 0 Å². The van der Waals surface area contributed by atoms with Gasteiger partial charge in [-0.25, -0.2) is 0 Å². The minimum absolute atomic E-state index is 0.0530. The van der Waals surface area contributed by atoms with Crippen LogP contribution in [0.1, 0.15) is 53.0 Å². The molecule has 0 saturated carbocycles. The SMILES string of the molecule is CC(=O)C(C)CCCc1ccc(C(=O)Nc2ccc(C(N)=O)cc2)cc1N. The first kappa shape index (κ1) is 20.2. The summed E-state index contributed by atoms with van der Waals surface area (Å²) in [6.07, 6.45) is 2.45. The van der Waals surface area contributed by atoms with Gasteiger partial charge in [0.25, 0.3) is 5.91 Å². The van der Waals surface area contributed by atoms with Crippen LogP contribution in [0.4, 0.5) is 11.4 Å². The molecular formula is C21H25N3O3. The van der Waals surface area contributed by atoms with E-state index in [1.807, 2.05) is 13.0 Å². The topological polar surface area (TPSA) is 115 Å². The summed E-state index contributed by atoms with van der Waals surface area (Å²) in [5.41, 5.74) is 14.2. The van der Waals surface area contributed by atoms with E-state index in [4.69, 9.17) is 11.5 Å². The maximum absolute atomic E-state index is 12.4. The summed E-state index contributed by atoms with van der Waals surface area (Å²) >= 11 is 0. The van der Waals surface area contributed by atoms with Gasteiger partial charge >= 0.3 is 0 Å². The Bertz CT molecular complexity index is 844. The molecule has 0 bridgehead atoms. The summed E-state index contributed by atoms with van der Waals surface area (Å²) in [6, 6.07) is 11.6. The van der Waals surface area contributed by atoms with Crippen molar-refractivity contribution in [1.82, 2.24) is 0 Å².